The second kappa shape index (κ2) is 10.8. The monoisotopic (exact) mass is 420 g/mol. The van der Waals surface area contributed by atoms with Crippen LogP contribution in [0.4, 0.5) is 0 Å². The van der Waals surface area contributed by atoms with E-state index in [1.165, 1.54) is 12.8 Å². The highest BCUT2D eigenvalue weighted by atomic mass is 79.9. The van der Waals surface area contributed by atoms with Crippen molar-refractivity contribution in [1.29, 1.82) is 0 Å². The van der Waals surface area contributed by atoms with E-state index in [1.807, 2.05) is 36.4 Å². The number of halogens is 1. The van der Waals surface area contributed by atoms with Gasteiger partial charge in [0.2, 0.25) is 5.91 Å². The fourth-order valence-corrected chi connectivity index (χ4v) is 3.20. The first kappa shape index (κ1) is 20.2. The zero-order valence-electron chi connectivity index (χ0n) is 15.0. The number of benzene rings is 2. The van der Waals surface area contributed by atoms with Crippen molar-refractivity contribution in [3.8, 4) is 5.75 Å². The molecule has 0 bridgehead atoms. The van der Waals surface area contributed by atoms with Gasteiger partial charge in [-0.05, 0) is 39.2 Å². The van der Waals surface area contributed by atoms with Crippen LogP contribution in [-0.4, -0.2) is 18.4 Å². The molecule has 140 valence electrons. The molecule has 0 aliphatic carbocycles. The maximum absolute atomic E-state index is 11.8. The van der Waals surface area contributed by atoms with Gasteiger partial charge in [-0.1, -0.05) is 62.9 Å². The van der Waals surface area contributed by atoms with Crippen molar-refractivity contribution in [2.24, 2.45) is 0 Å². The van der Waals surface area contributed by atoms with Crippen molar-refractivity contribution in [2.45, 2.75) is 45.4 Å². The summed E-state index contributed by atoms with van der Waals surface area (Å²) in [5.41, 5.74) is 4.81. The van der Waals surface area contributed by atoms with Crippen LogP contribution < -0.4 is 15.6 Å². The minimum Gasteiger partial charge on any atom is -0.483 e. The first-order valence-corrected chi connectivity index (χ1v) is 9.79. The summed E-state index contributed by atoms with van der Waals surface area (Å²) in [5, 5.41) is 2.10. The highest BCUT2D eigenvalue weighted by Crippen LogP contribution is 2.32. The topological polar surface area (TPSA) is 67.4 Å². The number of fused-ring (bicyclic) bond motifs is 1. The van der Waals surface area contributed by atoms with Crippen molar-refractivity contribution in [2.75, 3.05) is 6.61 Å². The van der Waals surface area contributed by atoms with E-state index < -0.39 is 5.91 Å². The third kappa shape index (κ3) is 6.33. The van der Waals surface area contributed by atoms with Crippen LogP contribution in [-0.2, 0) is 9.59 Å². The van der Waals surface area contributed by atoms with E-state index >= 15 is 0 Å². The quantitative estimate of drug-likeness (QED) is 0.463. The van der Waals surface area contributed by atoms with Crippen LogP contribution in [0.3, 0.4) is 0 Å². The number of nitrogens with one attached hydrogen (secondary N) is 2. The molecule has 2 N–H and O–H groups in total. The summed E-state index contributed by atoms with van der Waals surface area (Å²) < 4.78 is 6.36. The fraction of sp³-hybridized carbons (Fsp3) is 0.400. The Morgan fingerprint density at radius 1 is 0.962 bits per heavy atom. The van der Waals surface area contributed by atoms with E-state index in [0.29, 0.717) is 12.2 Å². The Morgan fingerprint density at radius 3 is 2.50 bits per heavy atom. The number of ether oxygens (including phenoxy) is 1. The van der Waals surface area contributed by atoms with E-state index in [-0.39, 0.29) is 12.5 Å². The maximum Gasteiger partial charge on any atom is 0.276 e. The molecule has 26 heavy (non-hydrogen) atoms. The molecule has 0 saturated carbocycles. The number of amides is 2. The number of hydrogen-bond donors (Lipinski definition) is 2. The highest BCUT2D eigenvalue weighted by Gasteiger charge is 2.09. The summed E-state index contributed by atoms with van der Waals surface area (Å²) in [6, 6.07) is 11.7. The largest absolute Gasteiger partial charge is 0.483 e. The van der Waals surface area contributed by atoms with Crippen molar-refractivity contribution in [3.63, 3.8) is 0 Å². The summed E-state index contributed by atoms with van der Waals surface area (Å²) >= 11 is 3.51. The first-order valence-electron chi connectivity index (χ1n) is 8.99. The van der Waals surface area contributed by atoms with Crippen molar-refractivity contribution in [1.82, 2.24) is 10.9 Å². The molecule has 0 unspecified atom stereocenters. The van der Waals surface area contributed by atoms with Crippen LogP contribution in [0.5, 0.6) is 5.75 Å². The molecular formula is C20H25BrN2O3. The number of unbranched alkanes of at least 4 members (excludes halogenated alkanes) is 4. The first-order chi connectivity index (χ1) is 12.6. The third-order valence-corrected chi connectivity index (χ3v) is 4.85. The van der Waals surface area contributed by atoms with Gasteiger partial charge >= 0.3 is 0 Å². The zero-order chi connectivity index (χ0) is 18.8. The molecule has 2 aromatic carbocycles. The molecule has 0 aliphatic rings. The third-order valence-electron chi connectivity index (χ3n) is 4.04. The molecular weight excluding hydrogens is 396 g/mol. The Labute approximate surface area is 162 Å². The average molecular weight is 421 g/mol. The van der Waals surface area contributed by atoms with E-state index in [2.05, 4.69) is 33.7 Å². The lowest BCUT2D eigenvalue weighted by molar-refractivity contribution is -0.130. The molecule has 0 fully saturated rings. The van der Waals surface area contributed by atoms with Gasteiger partial charge in [-0.3, -0.25) is 20.4 Å². The molecule has 2 amide bonds. The molecule has 0 aromatic heterocycles. The Balaban J connectivity index is 1.72. The molecule has 2 aromatic rings. The normalized spacial score (nSPS) is 10.5. The van der Waals surface area contributed by atoms with Crippen LogP contribution in [0.25, 0.3) is 10.8 Å². The lowest BCUT2D eigenvalue weighted by atomic mass is 10.1. The summed E-state index contributed by atoms with van der Waals surface area (Å²) in [5.74, 6) is 0.00669. The molecule has 0 atom stereocenters. The molecule has 2 rings (SSSR count). The van der Waals surface area contributed by atoms with Crippen LogP contribution in [0.15, 0.2) is 40.9 Å². The van der Waals surface area contributed by atoms with Crippen molar-refractivity contribution < 1.29 is 14.3 Å². The lowest BCUT2D eigenvalue weighted by Crippen LogP contribution is -2.43. The molecule has 0 aliphatic heterocycles. The minimum atomic E-state index is -0.399. The summed E-state index contributed by atoms with van der Waals surface area (Å²) in [4.78, 5) is 23.5. The highest BCUT2D eigenvalue weighted by molar-refractivity contribution is 9.10. The number of carbonyl (C=O) groups is 2. The average Bonchev–Trinajstić information content (AvgIpc) is 2.66. The SMILES string of the molecule is CCCCCCCC(=O)NNC(=O)COc1ccc2ccccc2c1Br. The smallest absolute Gasteiger partial charge is 0.276 e. The van der Waals surface area contributed by atoms with Crippen LogP contribution in [0, 0.1) is 0 Å². The standard InChI is InChI=1S/C20H25BrN2O3/c1-2-3-4-5-6-11-18(24)22-23-19(25)14-26-17-13-12-15-9-7-8-10-16(15)20(17)21/h7-10,12-13H,2-6,11,14H2,1H3,(H,22,24)(H,23,25). The van der Waals surface area contributed by atoms with E-state index in [1.54, 1.807) is 0 Å². The van der Waals surface area contributed by atoms with Gasteiger partial charge in [-0.15, -0.1) is 0 Å². The number of hydrogen-bond acceptors (Lipinski definition) is 3. The molecule has 0 heterocycles. The van der Waals surface area contributed by atoms with E-state index in [0.717, 1.165) is 34.5 Å². The Morgan fingerprint density at radius 2 is 1.69 bits per heavy atom. The van der Waals surface area contributed by atoms with Gasteiger partial charge in [-0.2, -0.15) is 0 Å². The van der Waals surface area contributed by atoms with E-state index in [9.17, 15) is 9.59 Å². The van der Waals surface area contributed by atoms with Gasteiger partial charge in [0.25, 0.3) is 5.91 Å². The van der Waals surface area contributed by atoms with Crippen molar-refractivity contribution >= 4 is 38.5 Å². The molecule has 6 heteroatoms. The predicted molar refractivity (Wildman–Crippen MR) is 107 cm³/mol. The van der Waals surface area contributed by atoms with Crippen molar-refractivity contribution in [3.05, 3.63) is 40.9 Å². The predicted octanol–water partition coefficient (Wildman–Crippen LogP) is 4.49. The van der Waals surface area contributed by atoms with E-state index in [4.69, 9.17) is 4.74 Å². The van der Waals surface area contributed by atoms with Gasteiger partial charge in [0.15, 0.2) is 6.61 Å². The molecule has 0 radical (unpaired) electrons. The number of rotatable bonds is 9. The summed E-state index contributed by atoms with van der Waals surface area (Å²) in [7, 11) is 0. The van der Waals surface area contributed by atoms with Gasteiger partial charge in [0, 0.05) is 6.42 Å². The Hall–Kier alpha value is -2.08. The molecule has 5 nitrogen and oxygen atoms in total. The van der Waals surface area contributed by atoms with Gasteiger partial charge in [-0.25, -0.2) is 0 Å². The number of hydrazine groups is 1. The second-order valence-electron chi connectivity index (χ2n) is 6.15. The van der Waals surface area contributed by atoms with Gasteiger partial charge in [0.1, 0.15) is 5.75 Å². The maximum atomic E-state index is 11.8. The van der Waals surface area contributed by atoms with Crippen LogP contribution in [0.1, 0.15) is 45.4 Å². The fourth-order valence-electron chi connectivity index (χ4n) is 2.60. The van der Waals surface area contributed by atoms with Gasteiger partial charge in [0.05, 0.1) is 4.47 Å². The lowest BCUT2D eigenvalue weighted by Gasteiger charge is -2.11. The summed E-state index contributed by atoms with van der Waals surface area (Å²) in [6.45, 7) is 1.98. The molecule has 0 spiro atoms. The zero-order valence-corrected chi connectivity index (χ0v) is 16.6. The second-order valence-corrected chi connectivity index (χ2v) is 6.94. The minimum absolute atomic E-state index is 0.173. The van der Waals surface area contributed by atoms with Gasteiger partial charge < -0.3 is 4.74 Å². The van der Waals surface area contributed by atoms with Crippen LogP contribution >= 0.6 is 15.9 Å². The Bertz CT molecular complexity index is 749. The van der Waals surface area contributed by atoms with Crippen LogP contribution in [0.2, 0.25) is 0 Å². The summed E-state index contributed by atoms with van der Waals surface area (Å²) in [6.07, 6.45) is 5.80. The molecule has 0 saturated heterocycles. The Kier molecular flexibility index (Phi) is 8.41. The number of carbonyl (C=O) groups excluding carboxylic acids is 2.